The van der Waals surface area contributed by atoms with E-state index < -0.39 is 0 Å². The van der Waals surface area contributed by atoms with Crippen LogP contribution in [0.15, 0.2) is 75.7 Å². The van der Waals surface area contributed by atoms with E-state index >= 15 is 0 Å². The third-order valence-corrected chi connectivity index (χ3v) is 5.55. The van der Waals surface area contributed by atoms with E-state index in [1.54, 1.807) is 54.7 Å². The maximum absolute atomic E-state index is 12.8. The number of carbonyl (C=O) groups excluding carboxylic acids is 1. The van der Waals surface area contributed by atoms with Crippen LogP contribution >= 0.6 is 23.2 Å². The average molecular weight is 464 g/mol. The van der Waals surface area contributed by atoms with Gasteiger partial charge in [-0.1, -0.05) is 29.3 Å². The first-order valence-electron chi connectivity index (χ1n) is 9.68. The van der Waals surface area contributed by atoms with Gasteiger partial charge in [0.15, 0.2) is 17.0 Å². The van der Waals surface area contributed by atoms with Crippen LogP contribution in [0.2, 0.25) is 10.0 Å². The number of furan rings is 1. The lowest BCUT2D eigenvalue weighted by atomic mass is 10.1. The van der Waals surface area contributed by atoms with Crippen molar-refractivity contribution < 1.29 is 13.6 Å². The molecule has 0 spiro atoms. The van der Waals surface area contributed by atoms with Gasteiger partial charge in [0.1, 0.15) is 5.76 Å². The Hall–Kier alpha value is -3.61. The highest BCUT2D eigenvalue weighted by molar-refractivity contribution is 6.36. The molecule has 158 valence electrons. The Balaban J connectivity index is 1.42. The van der Waals surface area contributed by atoms with Crippen molar-refractivity contribution in [2.45, 2.75) is 6.92 Å². The minimum Gasteiger partial charge on any atom is -0.451 e. The zero-order valence-electron chi connectivity index (χ0n) is 16.7. The molecule has 32 heavy (non-hydrogen) atoms. The summed E-state index contributed by atoms with van der Waals surface area (Å²) in [6.45, 7) is 1.88. The highest BCUT2D eigenvalue weighted by Gasteiger charge is 2.18. The first-order valence-corrected chi connectivity index (χ1v) is 10.4. The van der Waals surface area contributed by atoms with Crippen LogP contribution in [0.25, 0.3) is 34.0 Å². The summed E-state index contributed by atoms with van der Waals surface area (Å²) in [5.74, 6) is 0.675. The molecular weight excluding hydrogens is 449 g/mol. The van der Waals surface area contributed by atoms with E-state index in [0.717, 1.165) is 11.1 Å². The highest BCUT2D eigenvalue weighted by Crippen LogP contribution is 2.33. The van der Waals surface area contributed by atoms with Gasteiger partial charge in [-0.05, 0) is 67.1 Å². The topological polar surface area (TPSA) is 81.2 Å². The smallest absolute Gasteiger partial charge is 0.291 e. The number of aromatic nitrogens is 2. The van der Waals surface area contributed by atoms with Crippen LogP contribution < -0.4 is 5.32 Å². The van der Waals surface area contributed by atoms with Crippen molar-refractivity contribution in [3.63, 3.8) is 0 Å². The number of oxazole rings is 1. The van der Waals surface area contributed by atoms with Crippen molar-refractivity contribution in [2.24, 2.45) is 0 Å². The monoisotopic (exact) mass is 463 g/mol. The number of hydrogen-bond donors (Lipinski definition) is 1. The standard InChI is InChI=1S/C24H15Cl2N3O3/c1-13-15(24-29-22-20(32-24)6-3-11-27-22)4-2-5-18(13)28-23(30)21-10-9-19(31-21)16-8-7-14(25)12-17(16)26/h2-12H,1H3,(H,28,30). The van der Waals surface area contributed by atoms with Gasteiger partial charge in [0.05, 0.1) is 5.02 Å². The van der Waals surface area contributed by atoms with Gasteiger partial charge in [-0.15, -0.1) is 0 Å². The molecule has 0 fully saturated rings. The number of rotatable bonds is 4. The number of fused-ring (bicyclic) bond motifs is 1. The molecule has 8 heteroatoms. The fourth-order valence-electron chi connectivity index (χ4n) is 3.36. The second kappa shape index (κ2) is 8.15. The van der Waals surface area contributed by atoms with Gasteiger partial charge < -0.3 is 14.2 Å². The van der Waals surface area contributed by atoms with Crippen molar-refractivity contribution >= 4 is 46.0 Å². The molecule has 0 unspecified atom stereocenters. The van der Waals surface area contributed by atoms with E-state index in [1.165, 1.54) is 0 Å². The van der Waals surface area contributed by atoms with Crippen LogP contribution in [0.5, 0.6) is 0 Å². The largest absolute Gasteiger partial charge is 0.451 e. The van der Waals surface area contributed by atoms with Gasteiger partial charge in [-0.25, -0.2) is 4.98 Å². The molecule has 1 amide bonds. The quantitative estimate of drug-likeness (QED) is 0.309. The molecule has 6 nitrogen and oxygen atoms in total. The summed E-state index contributed by atoms with van der Waals surface area (Å²) in [5, 5.41) is 3.85. The predicted molar refractivity (Wildman–Crippen MR) is 124 cm³/mol. The Kier molecular flexibility index (Phi) is 5.17. The number of amides is 1. The zero-order chi connectivity index (χ0) is 22.2. The Morgan fingerprint density at radius 2 is 1.84 bits per heavy atom. The maximum atomic E-state index is 12.8. The fourth-order valence-corrected chi connectivity index (χ4v) is 3.87. The van der Waals surface area contributed by atoms with Crippen molar-refractivity contribution in [1.29, 1.82) is 0 Å². The Morgan fingerprint density at radius 3 is 2.66 bits per heavy atom. The molecule has 0 saturated heterocycles. The molecule has 0 aliphatic heterocycles. The van der Waals surface area contributed by atoms with Crippen LogP contribution in [-0.4, -0.2) is 15.9 Å². The molecule has 0 aliphatic rings. The number of benzene rings is 2. The van der Waals surface area contributed by atoms with Crippen LogP contribution in [0.3, 0.4) is 0 Å². The van der Waals surface area contributed by atoms with Crippen LogP contribution in [-0.2, 0) is 0 Å². The number of anilines is 1. The summed E-state index contributed by atoms with van der Waals surface area (Å²) in [6, 6.07) is 17.5. The summed E-state index contributed by atoms with van der Waals surface area (Å²) in [6.07, 6.45) is 1.66. The van der Waals surface area contributed by atoms with E-state index in [9.17, 15) is 4.79 Å². The first kappa shape index (κ1) is 20.3. The number of nitrogens with one attached hydrogen (secondary N) is 1. The molecule has 0 saturated carbocycles. The fraction of sp³-hybridized carbons (Fsp3) is 0.0417. The Bertz CT molecular complexity index is 1440. The normalized spacial score (nSPS) is 11.1. The SMILES string of the molecule is Cc1c(NC(=O)c2ccc(-c3ccc(Cl)cc3Cl)o2)cccc1-c1nc2ncccc2o1. The van der Waals surface area contributed by atoms with Gasteiger partial charge in [-0.2, -0.15) is 4.98 Å². The van der Waals surface area contributed by atoms with Crippen molar-refractivity contribution in [3.8, 4) is 22.8 Å². The summed E-state index contributed by atoms with van der Waals surface area (Å²) < 4.78 is 11.6. The average Bonchev–Trinajstić information content (AvgIpc) is 3.42. The Morgan fingerprint density at radius 1 is 0.969 bits per heavy atom. The number of nitrogens with zero attached hydrogens (tertiary/aromatic N) is 2. The molecule has 5 rings (SSSR count). The van der Waals surface area contributed by atoms with Crippen LogP contribution in [0.1, 0.15) is 16.1 Å². The van der Waals surface area contributed by atoms with E-state index in [-0.39, 0.29) is 11.7 Å². The third kappa shape index (κ3) is 3.75. The van der Waals surface area contributed by atoms with E-state index in [0.29, 0.717) is 44.2 Å². The predicted octanol–water partition coefficient (Wildman–Crippen LogP) is 7.02. The molecule has 5 aromatic rings. The Labute approximate surface area is 192 Å². The summed E-state index contributed by atoms with van der Waals surface area (Å²) >= 11 is 12.2. The lowest BCUT2D eigenvalue weighted by Crippen LogP contribution is -2.12. The van der Waals surface area contributed by atoms with E-state index in [1.807, 2.05) is 19.1 Å². The number of carbonyl (C=O) groups is 1. The lowest BCUT2D eigenvalue weighted by molar-refractivity contribution is 0.0997. The van der Waals surface area contributed by atoms with Gasteiger partial charge in [0, 0.05) is 28.0 Å². The third-order valence-electron chi connectivity index (χ3n) is 5.00. The molecule has 2 aromatic carbocycles. The number of hydrogen-bond acceptors (Lipinski definition) is 5. The second-order valence-electron chi connectivity index (χ2n) is 7.06. The first-order chi connectivity index (χ1) is 15.5. The molecule has 3 heterocycles. The van der Waals surface area contributed by atoms with Gasteiger partial charge in [0.25, 0.3) is 5.91 Å². The van der Waals surface area contributed by atoms with Crippen LogP contribution in [0.4, 0.5) is 5.69 Å². The van der Waals surface area contributed by atoms with E-state index in [4.69, 9.17) is 32.0 Å². The molecule has 1 N–H and O–H groups in total. The summed E-state index contributed by atoms with van der Waals surface area (Å²) in [4.78, 5) is 21.5. The van der Waals surface area contributed by atoms with Gasteiger partial charge in [-0.3, -0.25) is 4.79 Å². The molecule has 0 radical (unpaired) electrons. The lowest BCUT2D eigenvalue weighted by Gasteiger charge is -2.10. The summed E-state index contributed by atoms with van der Waals surface area (Å²) in [7, 11) is 0. The minimum absolute atomic E-state index is 0.155. The molecule has 3 aromatic heterocycles. The molecule has 0 aliphatic carbocycles. The van der Waals surface area contributed by atoms with E-state index in [2.05, 4.69) is 15.3 Å². The van der Waals surface area contributed by atoms with Gasteiger partial charge in [0.2, 0.25) is 5.89 Å². The highest BCUT2D eigenvalue weighted by atomic mass is 35.5. The number of halogens is 2. The molecular formula is C24H15Cl2N3O3. The summed E-state index contributed by atoms with van der Waals surface area (Å²) in [5.41, 5.74) is 3.96. The van der Waals surface area contributed by atoms with Gasteiger partial charge >= 0.3 is 0 Å². The van der Waals surface area contributed by atoms with Crippen molar-refractivity contribution in [3.05, 3.63) is 88.2 Å². The minimum atomic E-state index is -0.388. The number of pyridine rings is 1. The molecule has 0 atom stereocenters. The maximum Gasteiger partial charge on any atom is 0.291 e. The van der Waals surface area contributed by atoms with Crippen molar-refractivity contribution in [2.75, 3.05) is 5.32 Å². The molecule has 0 bridgehead atoms. The van der Waals surface area contributed by atoms with Crippen LogP contribution in [0, 0.1) is 6.92 Å². The zero-order valence-corrected chi connectivity index (χ0v) is 18.2. The van der Waals surface area contributed by atoms with Crippen molar-refractivity contribution in [1.82, 2.24) is 9.97 Å². The second-order valence-corrected chi connectivity index (χ2v) is 7.91.